The zero-order valence-corrected chi connectivity index (χ0v) is 14.4. The molecule has 1 saturated heterocycles. The van der Waals surface area contributed by atoms with Crippen LogP contribution in [-0.2, 0) is 11.2 Å². The molecule has 2 aliphatic heterocycles. The maximum Gasteiger partial charge on any atom is 0.255 e. The molecule has 0 aliphatic carbocycles. The summed E-state index contributed by atoms with van der Waals surface area (Å²) in [5.74, 6) is 0.231. The van der Waals surface area contributed by atoms with E-state index in [0.29, 0.717) is 0 Å². The number of hydrogen-bond donors (Lipinski definition) is 0. The van der Waals surface area contributed by atoms with Gasteiger partial charge in [0, 0.05) is 17.2 Å². The van der Waals surface area contributed by atoms with E-state index in [0.717, 1.165) is 23.2 Å². The molecule has 0 spiro atoms. The smallest absolute Gasteiger partial charge is 0.255 e. The molecule has 3 aromatic carbocycles. The molecule has 2 nitrogen and oxygen atoms in total. The average Bonchev–Trinajstić information content (AvgIpc) is 3.19. The van der Waals surface area contributed by atoms with E-state index in [-0.39, 0.29) is 17.9 Å². The molecular weight excluding hydrogens is 318 g/mol. The van der Waals surface area contributed by atoms with Crippen LogP contribution < -0.4 is 4.90 Å². The number of para-hydroxylation sites is 1. The van der Waals surface area contributed by atoms with Crippen LogP contribution in [0.4, 0.5) is 5.69 Å². The highest BCUT2D eigenvalue weighted by Crippen LogP contribution is 2.48. The van der Waals surface area contributed by atoms with Crippen molar-refractivity contribution in [3.63, 3.8) is 0 Å². The van der Waals surface area contributed by atoms with Crippen molar-refractivity contribution >= 4 is 17.7 Å². The van der Waals surface area contributed by atoms with Gasteiger partial charge in [0.1, 0.15) is 0 Å². The summed E-state index contributed by atoms with van der Waals surface area (Å²) in [6.07, 6.45) is 2.98. The van der Waals surface area contributed by atoms with Gasteiger partial charge in [-0.25, -0.2) is 0 Å². The average molecular weight is 337 g/mol. The van der Waals surface area contributed by atoms with Gasteiger partial charge in [-0.3, -0.25) is 4.79 Å². The second-order valence-corrected chi connectivity index (χ2v) is 6.97. The van der Waals surface area contributed by atoms with E-state index in [1.54, 1.807) is 0 Å². The fraction of sp³-hybridized carbons (Fsp3) is 0.125. The lowest BCUT2D eigenvalue weighted by Crippen LogP contribution is -2.31. The highest BCUT2D eigenvalue weighted by atomic mass is 16.2. The number of benzene rings is 3. The second-order valence-electron chi connectivity index (χ2n) is 6.97. The molecule has 0 saturated carbocycles. The van der Waals surface area contributed by atoms with Crippen molar-refractivity contribution in [2.45, 2.75) is 18.4 Å². The summed E-state index contributed by atoms with van der Waals surface area (Å²) in [5, 5.41) is 0. The molecule has 2 heteroatoms. The van der Waals surface area contributed by atoms with Gasteiger partial charge in [0.25, 0.3) is 5.91 Å². The van der Waals surface area contributed by atoms with Crippen molar-refractivity contribution in [2.75, 3.05) is 4.90 Å². The molecule has 3 aromatic rings. The Morgan fingerprint density at radius 1 is 0.808 bits per heavy atom. The zero-order chi connectivity index (χ0) is 17.5. The fourth-order valence-electron chi connectivity index (χ4n) is 4.36. The lowest BCUT2D eigenvalue weighted by atomic mass is 9.85. The number of carbonyl (C=O) groups excluding carboxylic acids is 1. The molecule has 5 rings (SSSR count). The standard InChI is InChI=1S/C24H19NO/c26-24-20(15-17-9-3-1-4-10-17)23(18-11-5-2-6-12-18)22-16-19-13-7-8-14-21(19)25(22)24/h1-15,22-23H,16H2/b20-15-/t22-,23+/m1/s1. The van der Waals surface area contributed by atoms with E-state index in [9.17, 15) is 4.79 Å². The lowest BCUT2D eigenvalue weighted by Gasteiger charge is -2.20. The number of rotatable bonds is 2. The van der Waals surface area contributed by atoms with Gasteiger partial charge in [0.2, 0.25) is 0 Å². The van der Waals surface area contributed by atoms with Crippen molar-refractivity contribution in [3.8, 4) is 0 Å². The summed E-state index contributed by atoms with van der Waals surface area (Å²) in [5.41, 5.74) is 5.52. The minimum atomic E-state index is 0.0938. The molecule has 1 fully saturated rings. The molecule has 2 atom stereocenters. The molecule has 0 bridgehead atoms. The number of amides is 1. The molecule has 0 unspecified atom stereocenters. The summed E-state index contributed by atoms with van der Waals surface area (Å²) in [7, 11) is 0. The monoisotopic (exact) mass is 337 g/mol. The summed E-state index contributed by atoms with van der Waals surface area (Å²) >= 11 is 0. The van der Waals surface area contributed by atoms with E-state index in [1.807, 2.05) is 35.2 Å². The van der Waals surface area contributed by atoms with Crippen LogP contribution in [0.2, 0.25) is 0 Å². The topological polar surface area (TPSA) is 20.3 Å². The molecule has 0 aromatic heterocycles. The summed E-state index contributed by atoms with van der Waals surface area (Å²) < 4.78 is 0. The first-order valence-electron chi connectivity index (χ1n) is 9.06. The van der Waals surface area contributed by atoms with Gasteiger partial charge in [-0.1, -0.05) is 78.9 Å². The zero-order valence-electron chi connectivity index (χ0n) is 14.4. The van der Waals surface area contributed by atoms with Crippen molar-refractivity contribution < 1.29 is 4.79 Å². The normalized spacial score (nSPS) is 22.5. The predicted molar refractivity (Wildman–Crippen MR) is 105 cm³/mol. The Hall–Kier alpha value is -3.13. The Morgan fingerprint density at radius 2 is 1.46 bits per heavy atom. The second kappa shape index (κ2) is 5.99. The quantitative estimate of drug-likeness (QED) is 0.614. The van der Waals surface area contributed by atoms with Gasteiger partial charge in [0.05, 0.1) is 6.04 Å². The van der Waals surface area contributed by atoms with Crippen LogP contribution in [0.25, 0.3) is 6.08 Å². The first-order valence-corrected chi connectivity index (χ1v) is 9.06. The molecule has 1 amide bonds. The predicted octanol–water partition coefficient (Wildman–Crippen LogP) is 4.83. The molecule has 0 radical (unpaired) electrons. The molecule has 0 N–H and O–H groups in total. The summed E-state index contributed by atoms with van der Waals surface area (Å²) in [6, 6.07) is 29.0. The molecule has 126 valence electrons. The number of fused-ring (bicyclic) bond motifs is 3. The van der Waals surface area contributed by atoms with Gasteiger partial charge in [-0.05, 0) is 35.3 Å². The maximum atomic E-state index is 13.4. The van der Waals surface area contributed by atoms with Gasteiger partial charge in [-0.15, -0.1) is 0 Å². The Bertz CT molecular complexity index is 991. The van der Waals surface area contributed by atoms with Crippen LogP contribution >= 0.6 is 0 Å². The number of anilines is 1. The minimum absolute atomic E-state index is 0.0938. The van der Waals surface area contributed by atoms with E-state index in [2.05, 4.69) is 60.7 Å². The van der Waals surface area contributed by atoms with Crippen LogP contribution in [0.5, 0.6) is 0 Å². The maximum absolute atomic E-state index is 13.4. The number of nitrogens with zero attached hydrogens (tertiary/aromatic N) is 1. The van der Waals surface area contributed by atoms with Crippen LogP contribution in [0, 0.1) is 0 Å². The van der Waals surface area contributed by atoms with Crippen molar-refractivity contribution in [3.05, 3.63) is 107 Å². The van der Waals surface area contributed by atoms with E-state index < -0.39 is 0 Å². The highest BCUT2D eigenvalue weighted by Gasteiger charge is 2.49. The van der Waals surface area contributed by atoms with Crippen molar-refractivity contribution in [2.24, 2.45) is 0 Å². The molecule has 2 aliphatic rings. The minimum Gasteiger partial charge on any atom is -0.304 e. The third-order valence-electron chi connectivity index (χ3n) is 5.48. The highest BCUT2D eigenvalue weighted by molar-refractivity contribution is 6.14. The Balaban J connectivity index is 1.67. The van der Waals surface area contributed by atoms with E-state index in [4.69, 9.17) is 0 Å². The lowest BCUT2D eigenvalue weighted by molar-refractivity contribution is -0.114. The first kappa shape index (κ1) is 15.2. The third-order valence-corrected chi connectivity index (χ3v) is 5.48. The van der Waals surface area contributed by atoms with Crippen molar-refractivity contribution in [1.82, 2.24) is 0 Å². The summed E-state index contributed by atoms with van der Waals surface area (Å²) in [6.45, 7) is 0. The summed E-state index contributed by atoms with van der Waals surface area (Å²) in [4.78, 5) is 15.4. The Kier molecular flexibility index (Phi) is 3.49. The largest absolute Gasteiger partial charge is 0.304 e. The fourth-order valence-corrected chi connectivity index (χ4v) is 4.36. The van der Waals surface area contributed by atoms with E-state index >= 15 is 0 Å². The van der Waals surface area contributed by atoms with Gasteiger partial charge < -0.3 is 4.90 Å². The van der Waals surface area contributed by atoms with Crippen LogP contribution in [0.3, 0.4) is 0 Å². The Labute approximate surface area is 153 Å². The molecular formula is C24H19NO. The van der Waals surface area contributed by atoms with Gasteiger partial charge >= 0.3 is 0 Å². The van der Waals surface area contributed by atoms with Gasteiger partial charge in [0.15, 0.2) is 0 Å². The number of carbonyl (C=O) groups is 1. The van der Waals surface area contributed by atoms with Crippen LogP contribution in [0.15, 0.2) is 90.5 Å². The van der Waals surface area contributed by atoms with Crippen molar-refractivity contribution in [1.29, 1.82) is 0 Å². The molecule has 26 heavy (non-hydrogen) atoms. The third kappa shape index (κ3) is 2.30. The Morgan fingerprint density at radius 3 is 2.23 bits per heavy atom. The van der Waals surface area contributed by atoms with Gasteiger partial charge in [-0.2, -0.15) is 0 Å². The van der Waals surface area contributed by atoms with E-state index in [1.165, 1.54) is 11.1 Å². The SMILES string of the molecule is O=C1/C(=C\c2ccccc2)[C@H](c2ccccc2)[C@H]2Cc3ccccc3N12. The number of hydrogen-bond acceptors (Lipinski definition) is 1. The van der Waals surface area contributed by atoms with Crippen LogP contribution in [0.1, 0.15) is 22.6 Å². The first-order chi connectivity index (χ1) is 12.8. The molecule has 2 heterocycles. The van der Waals surface area contributed by atoms with Crippen LogP contribution in [-0.4, -0.2) is 11.9 Å².